The summed E-state index contributed by atoms with van der Waals surface area (Å²) < 4.78 is 1.75. The van der Waals surface area contributed by atoms with Gasteiger partial charge < -0.3 is 0 Å². The number of rotatable bonds is 1. The number of fused-ring (bicyclic) bond motifs is 1. The average molecular weight is 298 g/mol. The fourth-order valence-electron chi connectivity index (χ4n) is 1.56. The number of benzene rings is 1. The zero-order chi connectivity index (χ0) is 12.7. The van der Waals surface area contributed by atoms with Crippen LogP contribution in [0.25, 0.3) is 11.0 Å². The molecule has 7 heteroatoms. The van der Waals surface area contributed by atoms with Crippen molar-refractivity contribution in [3.05, 3.63) is 55.0 Å². The van der Waals surface area contributed by atoms with Gasteiger partial charge in [-0.05, 0) is 18.2 Å². The van der Waals surface area contributed by atoms with E-state index in [1.54, 1.807) is 24.3 Å². The van der Waals surface area contributed by atoms with E-state index in [-0.39, 0.29) is 5.56 Å². The molecule has 0 bridgehead atoms. The Labute approximate surface area is 115 Å². The van der Waals surface area contributed by atoms with Gasteiger partial charge in [-0.1, -0.05) is 40.6 Å². The van der Waals surface area contributed by atoms with Crippen molar-refractivity contribution in [1.29, 1.82) is 0 Å². The molecule has 0 spiro atoms. The van der Waals surface area contributed by atoms with Crippen molar-refractivity contribution in [1.82, 2.24) is 14.6 Å². The first-order valence-electron chi connectivity index (χ1n) is 4.95. The van der Waals surface area contributed by atoms with E-state index in [9.17, 15) is 4.79 Å². The molecule has 90 valence electrons. The van der Waals surface area contributed by atoms with Crippen LogP contribution in [0.2, 0.25) is 10.0 Å². The van der Waals surface area contributed by atoms with E-state index in [0.29, 0.717) is 25.1 Å². The van der Waals surface area contributed by atoms with Gasteiger partial charge in [0.05, 0.1) is 4.53 Å². The first-order valence-corrected chi connectivity index (χ1v) is 6.52. The number of hydrogen-bond acceptors (Lipinski definition) is 4. The molecule has 0 saturated carbocycles. The molecule has 0 N–H and O–H groups in total. The molecular weight excluding hydrogens is 293 g/mol. The molecule has 0 amide bonds. The summed E-state index contributed by atoms with van der Waals surface area (Å²) in [6, 6.07) is 5.20. The Bertz CT molecular complexity index is 819. The van der Waals surface area contributed by atoms with Gasteiger partial charge in [0.2, 0.25) is 4.96 Å². The summed E-state index contributed by atoms with van der Waals surface area (Å²) in [7, 11) is 0. The summed E-state index contributed by atoms with van der Waals surface area (Å²) in [6.45, 7) is 0. The maximum Gasteiger partial charge on any atom is 0.291 e. The van der Waals surface area contributed by atoms with E-state index in [1.807, 2.05) is 0 Å². The molecular formula is C11H5Cl2N3OS. The molecule has 4 nitrogen and oxygen atoms in total. The van der Waals surface area contributed by atoms with E-state index in [0.717, 1.165) is 0 Å². The standard InChI is InChI=1S/C11H5Cl2N3OS/c12-7-2-1-3-8(13)6(7)4-9-10(17)16-11(18-9)14-5-15-16/h1-5H. The van der Waals surface area contributed by atoms with Crippen LogP contribution in [0.1, 0.15) is 5.56 Å². The third kappa shape index (κ3) is 1.80. The maximum absolute atomic E-state index is 12.0. The minimum absolute atomic E-state index is 0.219. The summed E-state index contributed by atoms with van der Waals surface area (Å²) >= 11 is 13.4. The monoisotopic (exact) mass is 297 g/mol. The molecule has 2 heterocycles. The van der Waals surface area contributed by atoms with Gasteiger partial charge in [-0.15, -0.1) is 0 Å². The van der Waals surface area contributed by atoms with Crippen LogP contribution < -0.4 is 10.1 Å². The number of halogens is 2. The van der Waals surface area contributed by atoms with Crippen molar-refractivity contribution in [2.45, 2.75) is 0 Å². The lowest BCUT2D eigenvalue weighted by atomic mass is 10.2. The van der Waals surface area contributed by atoms with Crippen molar-refractivity contribution in [2.24, 2.45) is 0 Å². The topological polar surface area (TPSA) is 47.3 Å². The van der Waals surface area contributed by atoms with Crippen LogP contribution in [-0.4, -0.2) is 14.6 Å². The molecule has 1 aromatic carbocycles. The fraction of sp³-hybridized carbons (Fsp3) is 0. The molecule has 0 radical (unpaired) electrons. The highest BCUT2D eigenvalue weighted by Crippen LogP contribution is 2.24. The van der Waals surface area contributed by atoms with Gasteiger partial charge in [0.15, 0.2) is 0 Å². The van der Waals surface area contributed by atoms with Crippen LogP contribution in [0.4, 0.5) is 0 Å². The van der Waals surface area contributed by atoms with Gasteiger partial charge in [-0.3, -0.25) is 4.79 Å². The first kappa shape index (κ1) is 11.6. The summed E-state index contributed by atoms with van der Waals surface area (Å²) in [4.78, 5) is 16.5. The predicted octanol–water partition coefficient (Wildman–Crippen LogP) is 2.01. The molecule has 2 aromatic heterocycles. The molecule has 0 aliphatic rings. The Morgan fingerprint density at radius 3 is 2.67 bits per heavy atom. The van der Waals surface area contributed by atoms with E-state index in [2.05, 4.69) is 10.1 Å². The average Bonchev–Trinajstić information content (AvgIpc) is 2.89. The highest BCUT2D eigenvalue weighted by molar-refractivity contribution is 7.15. The second kappa shape index (κ2) is 4.35. The summed E-state index contributed by atoms with van der Waals surface area (Å²) in [5.41, 5.74) is 0.408. The Morgan fingerprint density at radius 1 is 1.28 bits per heavy atom. The van der Waals surface area contributed by atoms with Crippen molar-refractivity contribution >= 4 is 45.6 Å². The van der Waals surface area contributed by atoms with Crippen molar-refractivity contribution < 1.29 is 0 Å². The smallest absolute Gasteiger partial charge is 0.266 e. The van der Waals surface area contributed by atoms with E-state index < -0.39 is 0 Å². The zero-order valence-electron chi connectivity index (χ0n) is 8.80. The molecule has 0 aliphatic carbocycles. The van der Waals surface area contributed by atoms with Gasteiger partial charge in [-0.2, -0.15) is 9.61 Å². The summed E-state index contributed by atoms with van der Waals surface area (Å²) in [6.07, 6.45) is 3.01. The highest BCUT2D eigenvalue weighted by atomic mass is 35.5. The second-order valence-corrected chi connectivity index (χ2v) is 5.33. The highest BCUT2D eigenvalue weighted by Gasteiger charge is 2.07. The summed E-state index contributed by atoms with van der Waals surface area (Å²) in [5.74, 6) is 0. The maximum atomic E-state index is 12.0. The minimum atomic E-state index is -0.219. The van der Waals surface area contributed by atoms with E-state index in [1.165, 1.54) is 22.2 Å². The molecule has 18 heavy (non-hydrogen) atoms. The number of thiazole rings is 1. The second-order valence-electron chi connectivity index (χ2n) is 3.51. The van der Waals surface area contributed by atoms with Gasteiger partial charge in [0, 0.05) is 15.6 Å². The van der Waals surface area contributed by atoms with Gasteiger partial charge >= 0.3 is 0 Å². The van der Waals surface area contributed by atoms with Gasteiger partial charge in [0.25, 0.3) is 5.56 Å². The normalized spacial score (nSPS) is 12.4. The third-order valence-electron chi connectivity index (χ3n) is 2.40. The minimum Gasteiger partial charge on any atom is -0.266 e. The molecule has 3 rings (SSSR count). The molecule has 0 saturated heterocycles. The lowest BCUT2D eigenvalue weighted by molar-refractivity contribution is 0.932. The molecule has 0 fully saturated rings. The van der Waals surface area contributed by atoms with Crippen LogP contribution in [0.15, 0.2) is 29.3 Å². The number of nitrogens with zero attached hydrogens (tertiary/aromatic N) is 3. The molecule has 0 atom stereocenters. The Kier molecular flexibility index (Phi) is 2.81. The van der Waals surface area contributed by atoms with Gasteiger partial charge in [-0.25, -0.2) is 4.98 Å². The van der Waals surface area contributed by atoms with Crippen LogP contribution >= 0.6 is 34.5 Å². The third-order valence-corrected chi connectivity index (χ3v) is 4.03. The largest absolute Gasteiger partial charge is 0.291 e. The summed E-state index contributed by atoms with van der Waals surface area (Å²) in [5, 5.41) is 4.84. The Hall–Kier alpha value is -1.43. The quantitative estimate of drug-likeness (QED) is 0.690. The fourth-order valence-corrected chi connectivity index (χ4v) is 2.93. The van der Waals surface area contributed by atoms with Crippen molar-refractivity contribution in [2.75, 3.05) is 0 Å². The van der Waals surface area contributed by atoms with Crippen molar-refractivity contribution in [3.63, 3.8) is 0 Å². The van der Waals surface area contributed by atoms with Crippen LogP contribution in [-0.2, 0) is 0 Å². The molecule has 0 aliphatic heterocycles. The van der Waals surface area contributed by atoms with Crippen molar-refractivity contribution in [3.8, 4) is 0 Å². The first-order chi connectivity index (χ1) is 8.66. The number of aromatic nitrogens is 3. The lowest BCUT2D eigenvalue weighted by Gasteiger charge is -1.99. The van der Waals surface area contributed by atoms with Gasteiger partial charge in [0.1, 0.15) is 6.33 Å². The van der Waals surface area contributed by atoms with Crippen LogP contribution in [0, 0.1) is 0 Å². The molecule has 3 aromatic rings. The predicted molar refractivity (Wildman–Crippen MR) is 72.4 cm³/mol. The Balaban J connectivity index is 2.31. The zero-order valence-corrected chi connectivity index (χ0v) is 11.1. The lowest BCUT2D eigenvalue weighted by Crippen LogP contribution is -2.23. The van der Waals surface area contributed by atoms with Crippen LogP contribution in [0.3, 0.4) is 0 Å². The Morgan fingerprint density at radius 2 is 2.00 bits per heavy atom. The molecule has 0 unspecified atom stereocenters. The van der Waals surface area contributed by atoms with E-state index in [4.69, 9.17) is 23.2 Å². The van der Waals surface area contributed by atoms with E-state index >= 15 is 0 Å². The SMILES string of the molecule is O=c1c(=Cc2c(Cl)cccc2Cl)sc2ncnn12. The van der Waals surface area contributed by atoms with Crippen LogP contribution in [0.5, 0.6) is 0 Å². The number of hydrogen-bond donors (Lipinski definition) is 0.